The van der Waals surface area contributed by atoms with Gasteiger partial charge in [-0.05, 0) is 24.5 Å². The molecular formula is C21H21NO2. The van der Waals surface area contributed by atoms with Crippen molar-refractivity contribution in [1.82, 2.24) is 5.32 Å². The number of Topliss-reactive ketones (excluding diaryl/α,β-unsaturated/α-hetero) is 1. The smallest absolute Gasteiger partial charge is 0.198 e. The highest BCUT2D eigenvalue weighted by Gasteiger charge is 2.35. The van der Waals surface area contributed by atoms with Gasteiger partial charge in [0.15, 0.2) is 5.78 Å². The Kier molecular flexibility index (Phi) is 3.85. The third-order valence-electron chi connectivity index (χ3n) is 5.08. The number of hydrogen-bond donors (Lipinski definition) is 2. The molecule has 0 radical (unpaired) electrons. The molecule has 0 amide bonds. The molecule has 1 aromatic rings. The van der Waals surface area contributed by atoms with E-state index in [1.807, 2.05) is 48.7 Å². The lowest BCUT2D eigenvalue weighted by molar-refractivity contribution is -0.110. The summed E-state index contributed by atoms with van der Waals surface area (Å²) in [5.74, 6) is 0.00825. The molecule has 24 heavy (non-hydrogen) atoms. The molecule has 0 saturated heterocycles. The number of benzene rings is 1. The van der Waals surface area contributed by atoms with E-state index in [1.165, 1.54) is 32.1 Å². The van der Waals surface area contributed by atoms with Crippen molar-refractivity contribution < 1.29 is 9.90 Å². The summed E-state index contributed by atoms with van der Waals surface area (Å²) in [5.41, 5.74) is 3.32. The highest BCUT2D eigenvalue weighted by atomic mass is 16.3. The normalized spacial score (nSPS) is 22.7. The van der Waals surface area contributed by atoms with E-state index < -0.39 is 0 Å². The summed E-state index contributed by atoms with van der Waals surface area (Å²) in [5, 5.41) is 14.0. The van der Waals surface area contributed by atoms with Crippen molar-refractivity contribution in [2.75, 3.05) is 0 Å². The molecular weight excluding hydrogens is 298 g/mol. The minimum absolute atomic E-state index is 0.0876. The van der Waals surface area contributed by atoms with Crippen LogP contribution < -0.4 is 5.32 Å². The number of allylic oxidation sites excluding steroid dienone is 5. The molecule has 3 nitrogen and oxygen atoms in total. The van der Waals surface area contributed by atoms with Gasteiger partial charge >= 0.3 is 0 Å². The predicted octanol–water partition coefficient (Wildman–Crippen LogP) is 4.21. The quantitative estimate of drug-likeness (QED) is 0.877. The molecule has 1 saturated carbocycles. The first-order valence-corrected chi connectivity index (χ1v) is 8.68. The first-order valence-electron chi connectivity index (χ1n) is 8.68. The van der Waals surface area contributed by atoms with Gasteiger partial charge in [0.1, 0.15) is 5.76 Å². The van der Waals surface area contributed by atoms with Gasteiger partial charge in [-0.1, -0.05) is 55.7 Å². The Morgan fingerprint density at radius 1 is 1.00 bits per heavy atom. The zero-order valence-corrected chi connectivity index (χ0v) is 13.6. The number of ketones is 1. The second kappa shape index (κ2) is 6.16. The second-order valence-electron chi connectivity index (χ2n) is 6.64. The van der Waals surface area contributed by atoms with E-state index in [4.69, 9.17) is 0 Å². The Morgan fingerprint density at radius 3 is 2.50 bits per heavy atom. The van der Waals surface area contributed by atoms with Gasteiger partial charge in [0.25, 0.3) is 0 Å². The molecule has 1 aromatic carbocycles. The fourth-order valence-electron chi connectivity index (χ4n) is 3.78. The number of rotatable bonds is 3. The van der Waals surface area contributed by atoms with Crippen LogP contribution in [0.25, 0.3) is 5.57 Å². The molecule has 2 N–H and O–H groups in total. The van der Waals surface area contributed by atoms with Crippen LogP contribution >= 0.6 is 0 Å². The summed E-state index contributed by atoms with van der Waals surface area (Å²) < 4.78 is 0. The lowest BCUT2D eigenvalue weighted by Crippen LogP contribution is -2.27. The van der Waals surface area contributed by atoms with Gasteiger partial charge in [-0.15, -0.1) is 0 Å². The van der Waals surface area contributed by atoms with Gasteiger partial charge in [-0.2, -0.15) is 0 Å². The third kappa shape index (κ3) is 2.50. The van der Waals surface area contributed by atoms with Crippen LogP contribution in [-0.2, 0) is 4.79 Å². The van der Waals surface area contributed by atoms with Crippen molar-refractivity contribution in [3.05, 3.63) is 76.7 Å². The van der Waals surface area contributed by atoms with E-state index in [0.717, 1.165) is 11.1 Å². The molecule has 3 aliphatic carbocycles. The van der Waals surface area contributed by atoms with Gasteiger partial charge in [0, 0.05) is 29.0 Å². The number of hydrogen-bond acceptors (Lipinski definition) is 3. The summed E-state index contributed by atoms with van der Waals surface area (Å²) in [6.07, 6.45) is 11.9. The van der Waals surface area contributed by atoms with E-state index in [9.17, 15) is 9.90 Å². The van der Waals surface area contributed by atoms with Crippen LogP contribution in [0, 0.1) is 0 Å². The van der Waals surface area contributed by atoms with Crippen molar-refractivity contribution in [3.8, 4) is 0 Å². The zero-order valence-electron chi connectivity index (χ0n) is 13.6. The average Bonchev–Trinajstić information content (AvgIpc) is 3.15. The first-order chi connectivity index (χ1) is 11.8. The number of carbonyl (C=O) groups excluding carboxylic acids is 1. The highest BCUT2D eigenvalue weighted by Crippen LogP contribution is 2.41. The van der Waals surface area contributed by atoms with Crippen molar-refractivity contribution in [3.63, 3.8) is 0 Å². The maximum atomic E-state index is 12.9. The van der Waals surface area contributed by atoms with Crippen LogP contribution in [0.3, 0.4) is 0 Å². The molecule has 122 valence electrons. The maximum Gasteiger partial charge on any atom is 0.198 e. The summed E-state index contributed by atoms with van der Waals surface area (Å²) in [7, 11) is 0. The molecule has 0 aromatic heterocycles. The van der Waals surface area contributed by atoms with Gasteiger partial charge in [-0.3, -0.25) is 4.79 Å². The predicted molar refractivity (Wildman–Crippen MR) is 95.3 cm³/mol. The van der Waals surface area contributed by atoms with Crippen molar-refractivity contribution in [1.29, 1.82) is 0 Å². The fraction of sp³-hybridized carbons (Fsp3) is 0.286. The summed E-state index contributed by atoms with van der Waals surface area (Å²) >= 11 is 0. The van der Waals surface area contributed by atoms with Crippen LogP contribution in [0.4, 0.5) is 0 Å². The van der Waals surface area contributed by atoms with E-state index >= 15 is 0 Å². The monoisotopic (exact) mass is 319 g/mol. The molecule has 3 heteroatoms. The SMILES string of the molecule is O=C1C2=C(C=C/C2=C/NC2CCCCC2)C(O)=C1c1ccccc1. The molecule has 0 unspecified atom stereocenters. The Balaban J connectivity index is 1.59. The lowest BCUT2D eigenvalue weighted by Gasteiger charge is -2.22. The first kappa shape index (κ1) is 15.0. The van der Waals surface area contributed by atoms with Crippen molar-refractivity contribution in [2.45, 2.75) is 38.1 Å². The Labute approximate surface area is 142 Å². The van der Waals surface area contributed by atoms with E-state index in [1.54, 1.807) is 0 Å². The number of aliphatic hydroxyl groups excluding tert-OH is 1. The molecule has 0 bridgehead atoms. The van der Waals surface area contributed by atoms with Gasteiger partial charge in [-0.25, -0.2) is 0 Å². The largest absolute Gasteiger partial charge is 0.507 e. The maximum absolute atomic E-state index is 12.9. The third-order valence-corrected chi connectivity index (χ3v) is 5.08. The summed E-state index contributed by atoms with van der Waals surface area (Å²) in [6.45, 7) is 0. The van der Waals surface area contributed by atoms with Crippen LogP contribution in [-0.4, -0.2) is 16.9 Å². The standard InChI is InChI=1S/C21H21NO2/c23-20-17-12-11-15(13-22-16-9-5-2-6-10-16)18(17)21(24)19(20)14-7-3-1-4-8-14/h1,3-4,7-8,11-13,16,22-23H,2,5-6,9-10H2/b15-13-. The molecule has 0 spiro atoms. The van der Waals surface area contributed by atoms with E-state index in [-0.39, 0.29) is 11.5 Å². The number of carbonyl (C=O) groups is 1. The molecule has 0 aliphatic heterocycles. The highest BCUT2D eigenvalue weighted by molar-refractivity contribution is 6.35. The Bertz CT molecular complexity index is 790. The van der Waals surface area contributed by atoms with Crippen LogP contribution in [0.5, 0.6) is 0 Å². The van der Waals surface area contributed by atoms with Crippen LogP contribution in [0.1, 0.15) is 37.7 Å². The van der Waals surface area contributed by atoms with Crippen molar-refractivity contribution >= 4 is 11.4 Å². The van der Waals surface area contributed by atoms with Gasteiger partial charge in [0.05, 0.1) is 5.57 Å². The number of nitrogens with one attached hydrogen (secondary N) is 1. The minimum Gasteiger partial charge on any atom is -0.507 e. The Morgan fingerprint density at radius 2 is 1.75 bits per heavy atom. The molecule has 1 fully saturated rings. The van der Waals surface area contributed by atoms with Crippen LogP contribution in [0.2, 0.25) is 0 Å². The number of aliphatic hydroxyl groups is 1. The van der Waals surface area contributed by atoms with Gasteiger partial charge < -0.3 is 10.4 Å². The lowest BCUT2D eigenvalue weighted by atomic mass is 9.95. The van der Waals surface area contributed by atoms with Crippen molar-refractivity contribution in [2.24, 2.45) is 0 Å². The molecule has 0 heterocycles. The summed E-state index contributed by atoms with van der Waals surface area (Å²) in [6, 6.07) is 9.88. The van der Waals surface area contributed by atoms with E-state index in [0.29, 0.717) is 22.8 Å². The second-order valence-corrected chi connectivity index (χ2v) is 6.64. The summed E-state index contributed by atoms with van der Waals surface area (Å²) in [4.78, 5) is 12.9. The fourth-order valence-corrected chi connectivity index (χ4v) is 3.78. The minimum atomic E-state index is -0.0876. The molecule has 4 rings (SSSR count). The molecule has 0 atom stereocenters. The zero-order chi connectivity index (χ0) is 16.5. The average molecular weight is 319 g/mol. The Hall–Kier alpha value is -2.55. The van der Waals surface area contributed by atoms with E-state index in [2.05, 4.69) is 5.32 Å². The van der Waals surface area contributed by atoms with Gasteiger partial charge in [0.2, 0.25) is 0 Å². The molecule has 3 aliphatic rings. The van der Waals surface area contributed by atoms with Crippen LogP contribution in [0.15, 0.2) is 71.2 Å². The topological polar surface area (TPSA) is 49.3 Å².